The largest absolute Gasteiger partial charge is 0.324 e. The van der Waals surface area contributed by atoms with Gasteiger partial charge in [-0.25, -0.2) is 4.21 Å². The van der Waals surface area contributed by atoms with Crippen molar-refractivity contribution in [2.75, 3.05) is 0 Å². The standard InChI is InChI=1S/C12H13NOS/c13-10-6-8-12(9-7-10)15(14)11-4-2-1-3-5-11/h1-6,8-10H,7,13H2. The van der Waals surface area contributed by atoms with Crippen molar-refractivity contribution in [1.29, 1.82) is 0 Å². The van der Waals surface area contributed by atoms with E-state index in [1.807, 2.05) is 48.6 Å². The van der Waals surface area contributed by atoms with Gasteiger partial charge in [0.2, 0.25) is 0 Å². The summed E-state index contributed by atoms with van der Waals surface area (Å²) in [7, 11) is -1.07. The Morgan fingerprint density at radius 1 is 1.27 bits per heavy atom. The normalized spacial score (nSPS) is 22.2. The zero-order valence-electron chi connectivity index (χ0n) is 8.30. The molecule has 1 aromatic rings. The van der Waals surface area contributed by atoms with Gasteiger partial charge in [0.15, 0.2) is 0 Å². The lowest BCUT2D eigenvalue weighted by Gasteiger charge is -2.11. The molecule has 0 spiro atoms. The molecule has 15 heavy (non-hydrogen) atoms. The number of rotatable bonds is 2. The minimum atomic E-state index is -1.07. The maximum absolute atomic E-state index is 12.1. The monoisotopic (exact) mass is 219 g/mol. The fraction of sp³-hybridized carbons (Fsp3) is 0.167. The van der Waals surface area contributed by atoms with Crippen molar-refractivity contribution < 1.29 is 4.21 Å². The Morgan fingerprint density at radius 2 is 2.00 bits per heavy atom. The van der Waals surface area contributed by atoms with Crippen LogP contribution in [0.5, 0.6) is 0 Å². The third kappa shape index (κ3) is 2.43. The molecule has 0 aromatic heterocycles. The van der Waals surface area contributed by atoms with Crippen LogP contribution in [0.2, 0.25) is 0 Å². The van der Waals surface area contributed by atoms with Crippen molar-refractivity contribution in [3.63, 3.8) is 0 Å². The Labute approximate surface area is 92.0 Å². The summed E-state index contributed by atoms with van der Waals surface area (Å²) in [6.07, 6.45) is 6.48. The second kappa shape index (κ2) is 4.55. The number of benzene rings is 1. The summed E-state index contributed by atoms with van der Waals surface area (Å²) >= 11 is 0. The second-order valence-electron chi connectivity index (χ2n) is 3.45. The van der Waals surface area contributed by atoms with E-state index < -0.39 is 10.8 Å². The lowest BCUT2D eigenvalue weighted by Crippen LogP contribution is -2.18. The van der Waals surface area contributed by atoms with Crippen LogP contribution in [0.15, 0.2) is 58.4 Å². The van der Waals surface area contributed by atoms with E-state index in [4.69, 9.17) is 5.73 Å². The molecule has 78 valence electrons. The van der Waals surface area contributed by atoms with Crippen LogP contribution in [0.1, 0.15) is 6.42 Å². The first-order valence-electron chi connectivity index (χ1n) is 4.88. The van der Waals surface area contributed by atoms with Crippen LogP contribution >= 0.6 is 0 Å². The third-order valence-corrected chi connectivity index (χ3v) is 3.70. The van der Waals surface area contributed by atoms with Crippen LogP contribution < -0.4 is 5.73 Å². The zero-order valence-corrected chi connectivity index (χ0v) is 9.11. The fourth-order valence-electron chi connectivity index (χ4n) is 1.43. The van der Waals surface area contributed by atoms with Crippen LogP contribution in [0.3, 0.4) is 0 Å². The molecule has 0 heterocycles. The number of hydrogen-bond donors (Lipinski definition) is 1. The summed E-state index contributed by atoms with van der Waals surface area (Å²) in [4.78, 5) is 1.69. The van der Waals surface area contributed by atoms with Gasteiger partial charge >= 0.3 is 0 Å². The smallest absolute Gasteiger partial charge is 0.0846 e. The van der Waals surface area contributed by atoms with Crippen molar-refractivity contribution in [3.05, 3.63) is 53.5 Å². The lowest BCUT2D eigenvalue weighted by molar-refractivity contribution is 0.686. The molecule has 1 aliphatic carbocycles. The molecule has 0 amide bonds. The van der Waals surface area contributed by atoms with Gasteiger partial charge in [0, 0.05) is 15.8 Å². The van der Waals surface area contributed by atoms with Crippen LogP contribution in [0.25, 0.3) is 0 Å². The molecule has 0 aliphatic heterocycles. The Kier molecular flexibility index (Phi) is 3.14. The molecule has 1 aromatic carbocycles. The van der Waals surface area contributed by atoms with E-state index in [0.29, 0.717) is 0 Å². The summed E-state index contributed by atoms with van der Waals surface area (Å²) < 4.78 is 12.1. The summed E-state index contributed by atoms with van der Waals surface area (Å²) in [5, 5.41) is 0. The second-order valence-corrected chi connectivity index (χ2v) is 4.93. The van der Waals surface area contributed by atoms with E-state index in [1.165, 1.54) is 0 Å². The van der Waals surface area contributed by atoms with Crippen LogP contribution in [-0.4, -0.2) is 10.3 Å². The van der Waals surface area contributed by atoms with Gasteiger partial charge in [-0.2, -0.15) is 0 Å². The molecule has 3 heteroatoms. The minimum absolute atomic E-state index is 0.0709. The minimum Gasteiger partial charge on any atom is -0.324 e. The Morgan fingerprint density at radius 3 is 2.60 bits per heavy atom. The van der Waals surface area contributed by atoms with Gasteiger partial charge in [0.1, 0.15) is 0 Å². The first-order chi connectivity index (χ1) is 7.27. The molecule has 2 unspecified atom stereocenters. The highest BCUT2D eigenvalue weighted by atomic mass is 32.2. The predicted molar refractivity (Wildman–Crippen MR) is 62.7 cm³/mol. The quantitative estimate of drug-likeness (QED) is 0.826. The van der Waals surface area contributed by atoms with E-state index in [2.05, 4.69) is 0 Å². The maximum Gasteiger partial charge on any atom is 0.0846 e. The first-order valence-corrected chi connectivity index (χ1v) is 6.03. The topological polar surface area (TPSA) is 43.1 Å². The highest BCUT2D eigenvalue weighted by molar-refractivity contribution is 7.89. The van der Waals surface area contributed by atoms with Crippen LogP contribution in [0, 0.1) is 0 Å². The maximum atomic E-state index is 12.1. The van der Waals surface area contributed by atoms with Gasteiger partial charge in [-0.15, -0.1) is 0 Å². The number of allylic oxidation sites excluding steroid dienone is 1. The van der Waals surface area contributed by atoms with Gasteiger partial charge in [-0.3, -0.25) is 0 Å². The van der Waals surface area contributed by atoms with Crippen molar-refractivity contribution in [2.45, 2.75) is 17.4 Å². The van der Waals surface area contributed by atoms with Gasteiger partial charge in [-0.1, -0.05) is 30.4 Å². The highest BCUT2D eigenvalue weighted by Crippen LogP contribution is 2.19. The van der Waals surface area contributed by atoms with E-state index in [-0.39, 0.29) is 6.04 Å². The third-order valence-electron chi connectivity index (χ3n) is 2.27. The average molecular weight is 219 g/mol. The molecular weight excluding hydrogens is 206 g/mol. The van der Waals surface area contributed by atoms with Gasteiger partial charge in [0.25, 0.3) is 0 Å². The molecule has 1 aliphatic rings. The molecule has 2 nitrogen and oxygen atoms in total. The van der Waals surface area contributed by atoms with Crippen molar-refractivity contribution in [2.24, 2.45) is 5.73 Å². The number of nitrogens with two attached hydrogens (primary N) is 1. The van der Waals surface area contributed by atoms with Crippen molar-refractivity contribution in [3.8, 4) is 0 Å². The summed E-state index contributed by atoms with van der Waals surface area (Å²) in [5.74, 6) is 0. The van der Waals surface area contributed by atoms with Crippen LogP contribution in [0.4, 0.5) is 0 Å². The van der Waals surface area contributed by atoms with Crippen molar-refractivity contribution in [1.82, 2.24) is 0 Å². The van der Waals surface area contributed by atoms with Crippen LogP contribution in [-0.2, 0) is 10.8 Å². The first kappa shape index (κ1) is 10.3. The molecule has 0 saturated heterocycles. The molecule has 0 saturated carbocycles. The van der Waals surface area contributed by atoms with E-state index in [1.54, 1.807) is 0 Å². The summed E-state index contributed by atoms with van der Waals surface area (Å²) in [5.41, 5.74) is 5.71. The molecular formula is C12H13NOS. The summed E-state index contributed by atoms with van der Waals surface area (Å²) in [6, 6.07) is 9.53. The van der Waals surface area contributed by atoms with Crippen molar-refractivity contribution >= 4 is 10.8 Å². The SMILES string of the molecule is NC1C=CC(S(=O)c2ccccc2)=CC1. The Bertz CT molecular complexity index is 423. The fourth-order valence-corrected chi connectivity index (χ4v) is 2.56. The Balaban J connectivity index is 2.20. The van der Waals surface area contributed by atoms with Gasteiger partial charge in [-0.05, 0) is 24.6 Å². The Hall–Kier alpha value is -1.19. The molecule has 0 radical (unpaired) electrons. The van der Waals surface area contributed by atoms with E-state index in [0.717, 1.165) is 16.2 Å². The highest BCUT2D eigenvalue weighted by Gasteiger charge is 2.11. The van der Waals surface area contributed by atoms with Gasteiger partial charge < -0.3 is 5.73 Å². The summed E-state index contributed by atoms with van der Waals surface area (Å²) in [6.45, 7) is 0. The molecule has 0 fully saturated rings. The zero-order chi connectivity index (χ0) is 10.7. The molecule has 2 rings (SSSR count). The van der Waals surface area contributed by atoms with E-state index >= 15 is 0 Å². The lowest BCUT2D eigenvalue weighted by atomic mass is 10.1. The average Bonchev–Trinajstić information content (AvgIpc) is 2.30. The number of hydrogen-bond acceptors (Lipinski definition) is 2. The molecule has 0 bridgehead atoms. The van der Waals surface area contributed by atoms with E-state index in [9.17, 15) is 4.21 Å². The predicted octanol–water partition coefficient (Wildman–Crippen LogP) is 1.97. The molecule has 2 atom stereocenters. The van der Waals surface area contributed by atoms with Gasteiger partial charge in [0.05, 0.1) is 10.8 Å². The molecule has 2 N–H and O–H groups in total.